The molecule has 0 aromatic heterocycles. The third-order valence-electron chi connectivity index (χ3n) is 2.74. The van der Waals surface area contributed by atoms with E-state index in [1.54, 1.807) is 7.11 Å². The van der Waals surface area contributed by atoms with Gasteiger partial charge in [0.15, 0.2) is 11.5 Å². The Kier molecular flexibility index (Phi) is 9.14. The normalized spacial score (nSPS) is 11.0. The van der Waals surface area contributed by atoms with Gasteiger partial charge in [0.2, 0.25) is 0 Å². The Bertz CT molecular complexity index is 449. The van der Waals surface area contributed by atoms with Crippen LogP contribution in [0.5, 0.6) is 11.5 Å². The van der Waals surface area contributed by atoms with Gasteiger partial charge in [-0.1, -0.05) is 12.2 Å². The molecule has 0 radical (unpaired) electrons. The van der Waals surface area contributed by atoms with Crippen molar-refractivity contribution in [2.75, 3.05) is 33.5 Å². The molecule has 0 heterocycles. The first-order valence-corrected chi connectivity index (χ1v) is 7.91. The van der Waals surface area contributed by atoms with E-state index < -0.39 is 0 Å². The van der Waals surface area contributed by atoms with Crippen molar-refractivity contribution in [3.63, 3.8) is 0 Å². The molecule has 1 N–H and O–H groups in total. The molecule has 5 heteroatoms. The Labute approximate surface area is 135 Å². The summed E-state index contributed by atoms with van der Waals surface area (Å²) in [6.45, 7) is 7.34. The molecule has 0 aliphatic carbocycles. The van der Waals surface area contributed by atoms with E-state index >= 15 is 0 Å². The van der Waals surface area contributed by atoms with E-state index in [0.717, 1.165) is 34.6 Å². The fourth-order valence-corrected chi connectivity index (χ4v) is 2.36. The van der Waals surface area contributed by atoms with Crippen LogP contribution in [-0.2, 0) is 11.3 Å². The van der Waals surface area contributed by atoms with Crippen LogP contribution in [0.3, 0.4) is 0 Å². The number of nitrogens with one attached hydrogen (secondary N) is 1. The van der Waals surface area contributed by atoms with Crippen LogP contribution < -0.4 is 14.8 Å². The van der Waals surface area contributed by atoms with E-state index in [-0.39, 0.29) is 0 Å². The second-order valence-electron chi connectivity index (χ2n) is 4.39. The summed E-state index contributed by atoms with van der Waals surface area (Å²) in [6, 6.07) is 4.06. The topological polar surface area (TPSA) is 39.7 Å². The number of hydrogen-bond acceptors (Lipinski definition) is 4. The molecule has 0 saturated carbocycles. The Morgan fingerprint density at radius 3 is 2.76 bits per heavy atom. The van der Waals surface area contributed by atoms with E-state index in [2.05, 4.69) is 21.2 Å². The maximum absolute atomic E-state index is 5.76. The number of allylic oxidation sites excluding steroid dienone is 1. The number of benzene rings is 1. The number of halogens is 1. The molecule has 0 aliphatic heterocycles. The van der Waals surface area contributed by atoms with Crippen LogP contribution in [0.4, 0.5) is 0 Å². The Morgan fingerprint density at radius 2 is 2.10 bits per heavy atom. The third-order valence-corrected chi connectivity index (χ3v) is 3.33. The zero-order valence-corrected chi connectivity index (χ0v) is 14.5. The largest absolute Gasteiger partial charge is 0.490 e. The molecule has 0 saturated heterocycles. The van der Waals surface area contributed by atoms with Gasteiger partial charge in [-0.3, -0.25) is 0 Å². The van der Waals surface area contributed by atoms with E-state index in [0.29, 0.717) is 19.8 Å². The molecule has 21 heavy (non-hydrogen) atoms. The van der Waals surface area contributed by atoms with Gasteiger partial charge >= 0.3 is 0 Å². The van der Waals surface area contributed by atoms with Crippen LogP contribution in [0, 0.1) is 0 Å². The molecule has 0 spiro atoms. The van der Waals surface area contributed by atoms with Crippen molar-refractivity contribution in [3.05, 3.63) is 34.3 Å². The molecule has 0 amide bonds. The molecule has 0 aliphatic rings. The lowest BCUT2D eigenvalue weighted by molar-refractivity contribution is 0.199. The lowest BCUT2D eigenvalue weighted by Gasteiger charge is -2.15. The fourth-order valence-electron chi connectivity index (χ4n) is 1.76. The van der Waals surface area contributed by atoms with Gasteiger partial charge in [0.05, 0.1) is 17.7 Å². The summed E-state index contributed by atoms with van der Waals surface area (Å²) in [5.74, 6) is 1.51. The second-order valence-corrected chi connectivity index (χ2v) is 5.24. The Hall–Kier alpha value is -1.04. The summed E-state index contributed by atoms with van der Waals surface area (Å²) in [5, 5.41) is 3.32. The van der Waals surface area contributed by atoms with Crippen LogP contribution in [-0.4, -0.2) is 33.5 Å². The zero-order chi connectivity index (χ0) is 15.5. The van der Waals surface area contributed by atoms with Crippen LogP contribution in [0.1, 0.15) is 19.4 Å². The molecule has 1 aromatic rings. The zero-order valence-electron chi connectivity index (χ0n) is 12.9. The molecule has 4 nitrogen and oxygen atoms in total. The summed E-state index contributed by atoms with van der Waals surface area (Å²) in [5.41, 5.74) is 1.14. The summed E-state index contributed by atoms with van der Waals surface area (Å²) in [6.07, 6.45) is 3.92. The van der Waals surface area contributed by atoms with Crippen LogP contribution in [0.25, 0.3) is 0 Å². The van der Waals surface area contributed by atoms with E-state index in [4.69, 9.17) is 14.2 Å². The number of methoxy groups -OCH3 is 1. The molecular formula is C16H24BrNO3. The summed E-state index contributed by atoms with van der Waals surface area (Å²) in [7, 11) is 1.70. The summed E-state index contributed by atoms with van der Waals surface area (Å²) < 4.78 is 17.4. The van der Waals surface area contributed by atoms with Gasteiger partial charge in [-0.05, 0) is 47.5 Å². The first-order valence-electron chi connectivity index (χ1n) is 7.11. The SMILES string of the molecule is CC=CCOc1c(Br)cc(CNCCOC)cc1OCC. The predicted octanol–water partition coefficient (Wildman–Crippen LogP) is 3.54. The highest BCUT2D eigenvalue weighted by atomic mass is 79.9. The van der Waals surface area contributed by atoms with Gasteiger partial charge in [0, 0.05) is 20.2 Å². The van der Waals surface area contributed by atoms with Crippen LogP contribution in [0.15, 0.2) is 28.8 Å². The summed E-state index contributed by atoms with van der Waals surface area (Å²) in [4.78, 5) is 0. The third kappa shape index (κ3) is 6.50. The van der Waals surface area contributed by atoms with Gasteiger partial charge < -0.3 is 19.5 Å². The molecular weight excluding hydrogens is 334 g/mol. The Balaban J connectivity index is 2.79. The first kappa shape index (κ1) is 18.0. The minimum absolute atomic E-state index is 0.528. The fraction of sp³-hybridized carbons (Fsp3) is 0.500. The molecule has 0 atom stereocenters. The number of hydrogen-bond donors (Lipinski definition) is 1. The van der Waals surface area contributed by atoms with Crippen molar-refractivity contribution in [2.24, 2.45) is 0 Å². The highest BCUT2D eigenvalue weighted by Crippen LogP contribution is 2.37. The van der Waals surface area contributed by atoms with Gasteiger partial charge in [-0.25, -0.2) is 0 Å². The lowest BCUT2D eigenvalue weighted by atomic mass is 10.2. The molecule has 0 bridgehead atoms. The van der Waals surface area contributed by atoms with Crippen molar-refractivity contribution in [1.29, 1.82) is 0 Å². The van der Waals surface area contributed by atoms with E-state index in [9.17, 15) is 0 Å². The minimum atomic E-state index is 0.528. The minimum Gasteiger partial charge on any atom is -0.490 e. The molecule has 118 valence electrons. The summed E-state index contributed by atoms with van der Waals surface area (Å²) >= 11 is 3.56. The molecule has 1 aromatic carbocycles. The van der Waals surface area contributed by atoms with Gasteiger partial charge in [0.25, 0.3) is 0 Å². The van der Waals surface area contributed by atoms with Crippen LogP contribution >= 0.6 is 15.9 Å². The Morgan fingerprint density at radius 1 is 1.29 bits per heavy atom. The van der Waals surface area contributed by atoms with Gasteiger partial charge in [-0.15, -0.1) is 0 Å². The van der Waals surface area contributed by atoms with Gasteiger partial charge in [-0.2, -0.15) is 0 Å². The standard InChI is InChI=1S/C16H24BrNO3/c1-4-6-8-21-16-14(17)10-13(11-15(16)20-5-2)12-18-7-9-19-3/h4,6,10-11,18H,5,7-9,12H2,1-3H3. The van der Waals surface area contributed by atoms with E-state index in [1.807, 2.05) is 38.1 Å². The smallest absolute Gasteiger partial charge is 0.175 e. The van der Waals surface area contributed by atoms with Crippen molar-refractivity contribution >= 4 is 15.9 Å². The van der Waals surface area contributed by atoms with Gasteiger partial charge in [0.1, 0.15) is 6.61 Å². The molecule has 0 unspecified atom stereocenters. The number of ether oxygens (including phenoxy) is 3. The van der Waals surface area contributed by atoms with E-state index in [1.165, 1.54) is 0 Å². The van der Waals surface area contributed by atoms with Crippen molar-refractivity contribution in [3.8, 4) is 11.5 Å². The highest BCUT2D eigenvalue weighted by Gasteiger charge is 2.11. The monoisotopic (exact) mass is 357 g/mol. The molecule has 0 fully saturated rings. The average Bonchev–Trinajstić information content (AvgIpc) is 2.47. The highest BCUT2D eigenvalue weighted by molar-refractivity contribution is 9.10. The number of rotatable bonds is 10. The average molecular weight is 358 g/mol. The maximum Gasteiger partial charge on any atom is 0.175 e. The lowest BCUT2D eigenvalue weighted by Crippen LogP contribution is -2.18. The van der Waals surface area contributed by atoms with Crippen LogP contribution in [0.2, 0.25) is 0 Å². The first-order chi connectivity index (χ1) is 10.2. The van der Waals surface area contributed by atoms with Crippen molar-refractivity contribution in [2.45, 2.75) is 20.4 Å². The molecule has 1 rings (SSSR count). The quantitative estimate of drug-likeness (QED) is 0.513. The second kappa shape index (κ2) is 10.7. The maximum atomic E-state index is 5.76. The predicted molar refractivity (Wildman–Crippen MR) is 89.2 cm³/mol. The van der Waals surface area contributed by atoms with Crippen molar-refractivity contribution in [1.82, 2.24) is 5.32 Å². The van der Waals surface area contributed by atoms with Crippen molar-refractivity contribution < 1.29 is 14.2 Å².